The molecular weight excluding hydrogens is 384 g/mol. The molecule has 2 aliphatic rings. The maximum Gasteiger partial charge on any atom is 0.0969 e. The maximum atomic E-state index is 6.47. The van der Waals surface area contributed by atoms with Crippen molar-refractivity contribution in [3.63, 3.8) is 0 Å². The fourth-order valence-electron chi connectivity index (χ4n) is 4.87. The summed E-state index contributed by atoms with van der Waals surface area (Å²) in [5.74, 6) is 0.430. The lowest BCUT2D eigenvalue weighted by atomic mass is 9.79. The molecule has 4 rings (SSSR count). The molecule has 0 amide bonds. The minimum atomic E-state index is -0.0827. The Balaban J connectivity index is 1.40. The van der Waals surface area contributed by atoms with Gasteiger partial charge in [0.1, 0.15) is 0 Å². The molecule has 160 valence electrons. The van der Waals surface area contributed by atoms with E-state index in [0.717, 1.165) is 64.2 Å². The number of nitrogens with zero attached hydrogens (tertiary/aromatic N) is 4. The molecule has 2 aromatic heterocycles. The summed E-state index contributed by atoms with van der Waals surface area (Å²) in [6.07, 6.45) is 6.39. The molecule has 1 fully saturated rings. The van der Waals surface area contributed by atoms with Crippen molar-refractivity contribution in [3.05, 3.63) is 33.3 Å². The first-order valence-corrected chi connectivity index (χ1v) is 11.7. The minimum Gasteiger partial charge on any atom is -0.384 e. The van der Waals surface area contributed by atoms with E-state index in [9.17, 15) is 0 Å². The van der Waals surface area contributed by atoms with Gasteiger partial charge < -0.3 is 9.47 Å². The predicted molar refractivity (Wildman–Crippen MR) is 115 cm³/mol. The van der Waals surface area contributed by atoms with E-state index in [1.54, 1.807) is 12.0 Å². The van der Waals surface area contributed by atoms with Crippen molar-refractivity contribution in [2.45, 2.75) is 71.2 Å². The van der Waals surface area contributed by atoms with Crippen LogP contribution in [0.4, 0.5) is 0 Å². The van der Waals surface area contributed by atoms with Gasteiger partial charge in [0.05, 0.1) is 24.5 Å². The van der Waals surface area contributed by atoms with Crippen LogP contribution in [0.1, 0.15) is 54.6 Å². The van der Waals surface area contributed by atoms with E-state index in [1.165, 1.54) is 10.4 Å². The molecule has 1 spiro atoms. The summed E-state index contributed by atoms with van der Waals surface area (Å²) < 4.78 is 13.6. The zero-order valence-electron chi connectivity index (χ0n) is 18.2. The Morgan fingerprint density at radius 3 is 3.07 bits per heavy atom. The molecule has 0 saturated carbocycles. The normalized spacial score (nSPS) is 26.0. The van der Waals surface area contributed by atoms with Gasteiger partial charge in [-0.25, -0.2) is 0 Å². The Morgan fingerprint density at radius 1 is 1.45 bits per heavy atom. The molecule has 0 bridgehead atoms. The monoisotopic (exact) mass is 418 g/mol. The van der Waals surface area contributed by atoms with Crippen LogP contribution in [0.25, 0.3) is 0 Å². The van der Waals surface area contributed by atoms with Crippen molar-refractivity contribution in [3.8, 4) is 0 Å². The van der Waals surface area contributed by atoms with Gasteiger partial charge in [-0.05, 0) is 43.7 Å². The lowest BCUT2D eigenvalue weighted by Gasteiger charge is -2.47. The molecule has 6 nitrogen and oxygen atoms in total. The summed E-state index contributed by atoms with van der Waals surface area (Å²) in [6.45, 7) is 11.1. The highest BCUT2D eigenvalue weighted by atomic mass is 32.1. The molecule has 1 saturated heterocycles. The second kappa shape index (κ2) is 8.84. The zero-order valence-corrected chi connectivity index (χ0v) is 19.0. The summed E-state index contributed by atoms with van der Waals surface area (Å²) in [5, 5.41) is 8.73. The number of ether oxygens (including phenoxy) is 2. The smallest absolute Gasteiger partial charge is 0.0969 e. The highest BCUT2D eigenvalue weighted by Gasteiger charge is 2.44. The van der Waals surface area contributed by atoms with Crippen molar-refractivity contribution >= 4 is 11.3 Å². The molecule has 2 aliphatic heterocycles. The molecule has 1 unspecified atom stereocenters. The third-order valence-corrected chi connectivity index (χ3v) is 7.70. The summed E-state index contributed by atoms with van der Waals surface area (Å²) in [4.78, 5) is 5.58. The predicted octanol–water partition coefficient (Wildman–Crippen LogP) is 3.64. The van der Waals surface area contributed by atoms with E-state index in [2.05, 4.69) is 48.2 Å². The number of hydrogen-bond donors (Lipinski definition) is 0. The van der Waals surface area contributed by atoms with E-state index < -0.39 is 0 Å². The van der Waals surface area contributed by atoms with Crippen LogP contribution in [0.2, 0.25) is 0 Å². The average Bonchev–Trinajstić information content (AvgIpc) is 3.32. The largest absolute Gasteiger partial charge is 0.384 e. The van der Waals surface area contributed by atoms with Gasteiger partial charge in [0.15, 0.2) is 0 Å². The summed E-state index contributed by atoms with van der Waals surface area (Å²) in [6, 6.07) is 2.88. The highest BCUT2D eigenvalue weighted by Crippen LogP contribution is 2.46. The van der Waals surface area contributed by atoms with Gasteiger partial charge in [0, 0.05) is 55.2 Å². The zero-order chi connectivity index (χ0) is 20.4. The quantitative estimate of drug-likeness (QED) is 0.687. The number of methoxy groups -OCH3 is 1. The van der Waals surface area contributed by atoms with Crippen LogP contribution in [0.5, 0.6) is 0 Å². The van der Waals surface area contributed by atoms with Gasteiger partial charge in [-0.2, -0.15) is 0 Å². The number of aromatic nitrogens is 3. The van der Waals surface area contributed by atoms with Crippen LogP contribution in [0.15, 0.2) is 12.3 Å². The summed E-state index contributed by atoms with van der Waals surface area (Å²) in [7, 11) is 1.74. The van der Waals surface area contributed by atoms with Crippen LogP contribution in [0.3, 0.4) is 0 Å². The fraction of sp³-hybridized carbons (Fsp3) is 0.727. The molecule has 4 heterocycles. The molecule has 0 aromatic carbocycles. The number of hydrogen-bond acceptors (Lipinski definition) is 6. The lowest BCUT2D eigenvalue weighted by Crippen LogP contribution is -2.50. The van der Waals surface area contributed by atoms with Crippen molar-refractivity contribution in [1.29, 1.82) is 0 Å². The number of thiophene rings is 1. The summed E-state index contributed by atoms with van der Waals surface area (Å²) in [5.41, 5.74) is 2.45. The molecule has 29 heavy (non-hydrogen) atoms. The standard InChI is InChI=1S/C22H34N4O2S/c1-5-19-10-20-21(29-19)6-9-28-22(20)7-8-25(17(3)11-22)13-18-14-26(24-23-18)12-16(2)15-27-4/h10,14,16-17H,5-9,11-13,15H2,1-4H3/t16?,17-,22+/m0/s1. The van der Waals surface area contributed by atoms with Crippen molar-refractivity contribution in [1.82, 2.24) is 19.9 Å². The van der Waals surface area contributed by atoms with Gasteiger partial charge in [-0.1, -0.05) is 19.1 Å². The number of likely N-dealkylation sites (tertiary alicyclic amines) is 1. The number of fused-ring (bicyclic) bond motifs is 2. The van der Waals surface area contributed by atoms with E-state index in [1.807, 2.05) is 16.0 Å². The lowest BCUT2D eigenvalue weighted by molar-refractivity contribution is -0.112. The van der Waals surface area contributed by atoms with Gasteiger partial charge in [-0.15, -0.1) is 16.4 Å². The third kappa shape index (κ3) is 4.43. The van der Waals surface area contributed by atoms with Gasteiger partial charge in [0.25, 0.3) is 0 Å². The fourth-order valence-corrected chi connectivity index (χ4v) is 6.05. The minimum absolute atomic E-state index is 0.0827. The van der Waals surface area contributed by atoms with Crippen LogP contribution < -0.4 is 0 Å². The molecule has 7 heteroatoms. The topological polar surface area (TPSA) is 52.4 Å². The van der Waals surface area contributed by atoms with Crippen LogP contribution in [-0.2, 0) is 41.0 Å². The van der Waals surface area contributed by atoms with E-state index in [-0.39, 0.29) is 5.60 Å². The first kappa shape index (κ1) is 21.0. The Morgan fingerprint density at radius 2 is 2.31 bits per heavy atom. The molecule has 0 radical (unpaired) electrons. The Labute approximate surface area is 178 Å². The maximum absolute atomic E-state index is 6.47. The van der Waals surface area contributed by atoms with Crippen molar-refractivity contribution in [2.24, 2.45) is 5.92 Å². The first-order valence-electron chi connectivity index (χ1n) is 10.9. The Hall–Kier alpha value is -1.28. The Kier molecular flexibility index (Phi) is 6.39. The van der Waals surface area contributed by atoms with Crippen molar-refractivity contribution in [2.75, 3.05) is 26.9 Å². The Bertz CT molecular complexity index is 820. The number of piperidine rings is 1. The molecule has 2 aromatic rings. The SMILES string of the molecule is CCc1cc2c(s1)CCO[C@@]21CCN(Cc2cn(CC(C)COC)nn2)[C@@H](C)C1. The second-order valence-electron chi connectivity index (χ2n) is 8.76. The third-order valence-electron chi connectivity index (χ3n) is 6.36. The first-order chi connectivity index (χ1) is 14.0. The molecule has 3 atom stereocenters. The van der Waals surface area contributed by atoms with E-state index in [0.29, 0.717) is 12.0 Å². The van der Waals surface area contributed by atoms with Crippen LogP contribution in [0, 0.1) is 5.92 Å². The molecule has 0 aliphatic carbocycles. The summed E-state index contributed by atoms with van der Waals surface area (Å²) >= 11 is 1.99. The molecule has 0 N–H and O–H groups in total. The van der Waals surface area contributed by atoms with Crippen LogP contribution in [-0.4, -0.2) is 52.8 Å². The average molecular weight is 419 g/mol. The van der Waals surface area contributed by atoms with E-state index >= 15 is 0 Å². The molecular formula is C22H34N4O2S. The number of rotatable bonds is 7. The van der Waals surface area contributed by atoms with E-state index in [4.69, 9.17) is 9.47 Å². The van der Waals surface area contributed by atoms with Gasteiger partial charge >= 0.3 is 0 Å². The van der Waals surface area contributed by atoms with Crippen molar-refractivity contribution < 1.29 is 9.47 Å². The highest BCUT2D eigenvalue weighted by molar-refractivity contribution is 7.12. The number of aryl methyl sites for hydroxylation is 1. The van der Waals surface area contributed by atoms with Crippen LogP contribution >= 0.6 is 11.3 Å². The van der Waals surface area contributed by atoms with Gasteiger partial charge in [0.2, 0.25) is 0 Å². The second-order valence-corrected chi connectivity index (χ2v) is 9.98. The van der Waals surface area contributed by atoms with Gasteiger partial charge in [-0.3, -0.25) is 9.58 Å².